The summed E-state index contributed by atoms with van der Waals surface area (Å²) in [5.74, 6) is 0.466. The van der Waals surface area contributed by atoms with Gasteiger partial charge in [-0.3, -0.25) is 4.79 Å². The highest BCUT2D eigenvalue weighted by atomic mass is 19.2. The zero-order valence-corrected chi connectivity index (χ0v) is 14.1. The van der Waals surface area contributed by atoms with Gasteiger partial charge in [-0.1, -0.05) is 6.92 Å². The standard InChI is InChI=1S/C19H21F2N3O/c1-11-8-14(11)19(25)24-6-4-12(5-7-24)18-22-10-17(23-18)13-2-3-15(20)16(21)9-13/h2-3,9-12,14H,4-8H2,1H3,(H,22,23)/t11-,14+/m1/s1. The van der Waals surface area contributed by atoms with Crippen molar-refractivity contribution in [3.05, 3.63) is 41.9 Å². The maximum atomic E-state index is 13.4. The van der Waals surface area contributed by atoms with Gasteiger partial charge in [-0.15, -0.1) is 0 Å². The van der Waals surface area contributed by atoms with E-state index in [4.69, 9.17) is 0 Å². The number of hydrogen-bond donors (Lipinski definition) is 1. The number of hydrogen-bond acceptors (Lipinski definition) is 2. The van der Waals surface area contributed by atoms with Crippen LogP contribution in [0.3, 0.4) is 0 Å². The molecule has 132 valence electrons. The maximum absolute atomic E-state index is 13.4. The second kappa shape index (κ2) is 6.24. The summed E-state index contributed by atoms with van der Waals surface area (Å²) in [6.07, 6.45) is 4.43. The molecule has 0 bridgehead atoms. The predicted octanol–water partition coefficient (Wildman–Crippen LogP) is 3.72. The Hall–Kier alpha value is -2.24. The molecule has 2 aliphatic rings. The van der Waals surface area contributed by atoms with Crippen LogP contribution in [0.15, 0.2) is 24.4 Å². The van der Waals surface area contributed by atoms with Crippen molar-refractivity contribution < 1.29 is 13.6 Å². The van der Waals surface area contributed by atoms with Crippen LogP contribution in [-0.4, -0.2) is 33.9 Å². The van der Waals surface area contributed by atoms with E-state index >= 15 is 0 Å². The third-order valence-electron chi connectivity index (χ3n) is 5.45. The highest BCUT2D eigenvalue weighted by Gasteiger charge is 2.42. The Morgan fingerprint density at radius 3 is 2.60 bits per heavy atom. The largest absolute Gasteiger partial charge is 0.342 e. The molecule has 1 aromatic carbocycles. The first-order valence-electron chi connectivity index (χ1n) is 8.82. The van der Waals surface area contributed by atoms with Gasteiger partial charge in [0.1, 0.15) is 5.82 Å². The van der Waals surface area contributed by atoms with Gasteiger partial charge in [0.15, 0.2) is 11.6 Å². The van der Waals surface area contributed by atoms with E-state index in [1.165, 1.54) is 12.1 Å². The number of piperidine rings is 1. The summed E-state index contributed by atoms with van der Waals surface area (Å²) in [5, 5.41) is 0. The number of aromatic amines is 1. The van der Waals surface area contributed by atoms with Crippen LogP contribution in [0.2, 0.25) is 0 Å². The molecule has 4 nitrogen and oxygen atoms in total. The monoisotopic (exact) mass is 345 g/mol. The molecule has 0 spiro atoms. The maximum Gasteiger partial charge on any atom is 0.225 e. The average molecular weight is 345 g/mol. The molecular weight excluding hydrogens is 324 g/mol. The Balaban J connectivity index is 1.41. The van der Waals surface area contributed by atoms with Crippen LogP contribution in [0.1, 0.15) is 37.9 Å². The van der Waals surface area contributed by atoms with Gasteiger partial charge in [0, 0.05) is 30.5 Å². The molecule has 1 aliphatic heterocycles. The summed E-state index contributed by atoms with van der Waals surface area (Å²) in [6.45, 7) is 3.64. The Labute approximate surface area is 145 Å². The third kappa shape index (κ3) is 3.17. The van der Waals surface area contributed by atoms with Crippen LogP contribution < -0.4 is 0 Å². The highest BCUT2D eigenvalue weighted by molar-refractivity contribution is 5.81. The smallest absolute Gasteiger partial charge is 0.225 e. The molecule has 1 aliphatic carbocycles. The minimum absolute atomic E-state index is 0.236. The van der Waals surface area contributed by atoms with E-state index in [-0.39, 0.29) is 11.8 Å². The van der Waals surface area contributed by atoms with Crippen molar-refractivity contribution in [1.29, 1.82) is 0 Å². The van der Waals surface area contributed by atoms with E-state index in [1.807, 2.05) is 4.90 Å². The lowest BCUT2D eigenvalue weighted by Gasteiger charge is -2.31. The van der Waals surface area contributed by atoms with Crippen molar-refractivity contribution in [2.24, 2.45) is 11.8 Å². The van der Waals surface area contributed by atoms with Crippen molar-refractivity contribution in [3.8, 4) is 11.3 Å². The fourth-order valence-electron chi connectivity index (χ4n) is 3.63. The molecule has 0 radical (unpaired) electrons. The average Bonchev–Trinajstić information content (AvgIpc) is 3.15. The van der Waals surface area contributed by atoms with Crippen molar-refractivity contribution in [1.82, 2.24) is 14.9 Å². The predicted molar refractivity (Wildman–Crippen MR) is 89.8 cm³/mol. The summed E-state index contributed by atoms with van der Waals surface area (Å²) in [4.78, 5) is 21.9. The number of nitrogens with zero attached hydrogens (tertiary/aromatic N) is 2. The molecule has 2 atom stereocenters. The normalized spacial score (nSPS) is 23.7. The number of carbonyl (C=O) groups excluding carboxylic acids is 1. The summed E-state index contributed by atoms with van der Waals surface area (Å²) in [7, 11) is 0. The lowest BCUT2D eigenvalue weighted by Crippen LogP contribution is -2.39. The first kappa shape index (κ1) is 16.2. The number of nitrogens with one attached hydrogen (secondary N) is 1. The highest BCUT2D eigenvalue weighted by Crippen LogP contribution is 2.40. The molecular formula is C19H21F2N3O. The van der Waals surface area contributed by atoms with Crippen LogP contribution >= 0.6 is 0 Å². The Kier molecular flexibility index (Phi) is 4.06. The van der Waals surface area contributed by atoms with E-state index in [0.29, 0.717) is 23.1 Å². The summed E-state index contributed by atoms with van der Waals surface area (Å²) in [6, 6.07) is 3.83. The van der Waals surface area contributed by atoms with Crippen molar-refractivity contribution in [2.45, 2.75) is 32.1 Å². The van der Waals surface area contributed by atoms with E-state index < -0.39 is 11.6 Å². The topological polar surface area (TPSA) is 49.0 Å². The van der Waals surface area contributed by atoms with Gasteiger partial charge in [-0.25, -0.2) is 13.8 Å². The second-order valence-corrected chi connectivity index (χ2v) is 7.23. The van der Waals surface area contributed by atoms with Gasteiger partial charge in [0.25, 0.3) is 0 Å². The van der Waals surface area contributed by atoms with Crippen LogP contribution in [0, 0.1) is 23.5 Å². The Morgan fingerprint density at radius 1 is 1.24 bits per heavy atom. The van der Waals surface area contributed by atoms with Gasteiger partial charge in [-0.05, 0) is 43.4 Å². The number of amides is 1. The molecule has 4 rings (SSSR count). The van der Waals surface area contributed by atoms with Gasteiger partial charge in [0.2, 0.25) is 5.91 Å². The van der Waals surface area contributed by atoms with Crippen LogP contribution in [0.5, 0.6) is 0 Å². The van der Waals surface area contributed by atoms with Gasteiger partial charge < -0.3 is 9.88 Å². The molecule has 2 heterocycles. The fourth-order valence-corrected chi connectivity index (χ4v) is 3.63. The zero-order chi connectivity index (χ0) is 17.6. The number of benzene rings is 1. The van der Waals surface area contributed by atoms with E-state index in [9.17, 15) is 13.6 Å². The van der Waals surface area contributed by atoms with Crippen molar-refractivity contribution >= 4 is 5.91 Å². The molecule has 1 saturated heterocycles. The van der Waals surface area contributed by atoms with Crippen LogP contribution in [-0.2, 0) is 4.79 Å². The Bertz CT molecular complexity index is 796. The number of halogens is 2. The van der Waals surface area contributed by atoms with Crippen LogP contribution in [0.25, 0.3) is 11.3 Å². The summed E-state index contributed by atoms with van der Waals surface area (Å²) < 4.78 is 26.5. The first-order valence-corrected chi connectivity index (χ1v) is 8.82. The molecule has 25 heavy (non-hydrogen) atoms. The number of rotatable bonds is 3. The van der Waals surface area contributed by atoms with E-state index in [2.05, 4.69) is 16.9 Å². The molecule has 1 saturated carbocycles. The SMILES string of the molecule is C[C@@H]1C[C@@H]1C(=O)N1CCC(c2ncc(-c3ccc(F)c(F)c3)[nH]2)CC1. The number of H-pyrrole nitrogens is 1. The van der Waals surface area contributed by atoms with Gasteiger partial charge in [-0.2, -0.15) is 0 Å². The Morgan fingerprint density at radius 2 is 1.96 bits per heavy atom. The third-order valence-corrected chi connectivity index (χ3v) is 5.45. The summed E-state index contributed by atoms with van der Waals surface area (Å²) in [5.41, 5.74) is 1.26. The number of aromatic nitrogens is 2. The molecule has 1 aromatic heterocycles. The van der Waals surface area contributed by atoms with Gasteiger partial charge >= 0.3 is 0 Å². The molecule has 2 fully saturated rings. The lowest BCUT2D eigenvalue weighted by molar-refractivity contribution is -0.133. The quantitative estimate of drug-likeness (QED) is 0.922. The summed E-state index contributed by atoms with van der Waals surface area (Å²) >= 11 is 0. The van der Waals surface area contributed by atoms with E-state index in [1.54, 1.807) is 6.20 Å². The molecule has 1 amide bonds. The van der Waals surface area contributed by atoms with E-state index in [0.717, 1.165) is 44.2 Å². The first-order chi connectivity index (χ1) is 12.0. The van der Waals surface area contributed by atoms with Crippen LogP contribution in [0.4, 0.5) is 8.78 Å². The van der Waals surface area contributed by atoms with Crippen molar-refractivity contribution in [3.63, 3.8) is 0 Å². The number of likely N-dealkylation sites (tertiary alicyclic amines) is 1. The lowest BCUT2D eigenvalue weighted by atomic mass is 9.96. The second-order valence-electron chi connectivity index (χ2n) is 7.23. The molecule has 2 aromatic rings. The number of carbonyl (C=O) groups is 1. The zero-order valence-electron chi connectivity index (χ0n) is 14.1. The number of imidazole rings is 1. The molecule has 6 heteroatoms. The molecule has 0 unspecified atom stereocenters. The minimum atomic E-state index is -0.866. The fraction of sp³-hybridized carbons (Fsp3) is 0.474. The minimum Gasteiger partial charge on any atom is -0.342 e. The van der Waals surface area contributed by atoms with Gasteiger partial charge in [0.05, 0.1) is 11.9 Å². The molecule has 1 N–H and O–H groups in total. The van der Waals surface area contributed by atoms with Crippen molar-refractivity contribution in [2.75, 3.05) is 13.1 Å².